The second-order valence-electron chi connectivity index (χ2n) is 2.82. The number of carboxylic acids is 1. The minimum atomic E-state index is -4.90. The van der Waals surface area contributed by atoms with E-state index < -0.39 is 40.6 Å². The van der Waals surface area contributed by atoms with Gasteiger partial charge >= 0.3 is 16.4 Å². The highest BCUT2D eigenvalue weighted by Crippen LogP contribution is 2.20. The highest BCUT2D eigenvalue weighted by atomic mass is 32.3. The molecule has 0 fully saturated rings. The van der Waals surface area contributed by atoms with Crippen LogP contribution in [0.5, 0.6) is 0 Å². The molecule has 3 atom stereocenters. The van der Waals surface area contributed by atoms with Gasteiger partial charge in [0.05, 0.1) is 0 Å². The van der Waals surface area contributed by atoms with E-state index in [-0.39, 0.29) is 0 Å². The minimum Gasteiger partial charge on any atom is -0.475 e. The molecule has 1 heterocycles. The molecule has 92 valence electrons. The Balaban J connectivity index is 2.88. The zero-order valence-corrected chi connectivity index (χ0v) is 8.36. The number of hydrogen-bond acceptors (Lipinski definition) is 7. The van der Waals surface area contributed by atoms with E-state index in [1.54, 1.807) is 0 Å². The maximum absolute atomic E-state index is 10.4. The van der Waals surface area contributed by atoms with Gasteiger partial charge in [0, 0.05) is 0 Å². The minimum absolute atomic E-state index is 0.630. The average molecular weight is 256 g/mol. The monoisotopic (exact) mass is 256 g/mol. The van der Waals surface area contributed by atoms with Gasteiger partial charge in [0.15, 0.2) is 6.10 Å². The molecule has 0 saturated heterocycles. The zero-order valence-electron chi connectivity index (χ0n) is 7.55. The number of aliphatic hydroxyl groups excluding tert-OH is 2. The Kier molecular flexibility index (Phi) is 3.50. The van der Waals surface area contributed by atoms with Crippen molar-refractivity contribution in [2.45, 2.75) is 18.5 Å². The number of hydrogen-bond donors (Lipinski definition) is 4. The van der Waals surface area contributed by atoms with Crippen molar-refractivity contribution in [3.8, 4) is 0 Å². The molecule has 0 bridgehead atoms. The van der Waals surface area contributed by atoms with Gasteiger partial charge in [0.1, 0.15) is 6.10 Å². The number of aliphatic hydroxyl groups is 2. The maximum atomic E-state index is 10.4. The van der Waals surface area contributed by atoms with Crippen molar-refractivity contribution in [1.29, 1.82) is 0 Å². The van der Waals surface area contributed by atoms with Gasteiger partial charge in [-0.3, -0.25) is 4.55 Å². The lowest BCUT2D eigenvalue weighted by molar-refractivity contribution is -0.176. The first-order valence-corrected chi connectivity index (χ1v) is 5.21. The topological polar surface area (TPSA) is 151 Å². The Labute approximate surface area is 89.5 Å². The second kappa shape index (κ2) is 4.35. The highest BCUT2D eigenvalue weighted by molar-refractivity contribution is 7.80. The molecule has 1 rings (SSSR count). The van der Waals surface area contributed by atoms with Crippen LogP contribution < -0.4 is 0 Å². The summed E-state index contributed by atoms with van der Waals surface area (Å²) in [6.07, 6.45) is -4.99. The SMILES string of the molecule is O=C(O)C1=C[C@@H](O)[C@@H](OS(=O)(=O)O)C(O)O1. The van der Waals surface area contributed by atoms with E-state index in [1.807, 2.05) is 0 Å². The van der Waals surface area contributed by atoms with Crippen LogP contribution in [0.25, 0.3) is 0 Å². The van der Waals surface area contributed by atoms with Gasteiger partial charge in [-0.25, -0.2) is 8.98 Å². The Hall–Kier alpha value is -1.20. The third-order valence-corrected chi connectivity index (χ3v) is 2.10. The van der Waals surface area contributed by atoms with Crippen LogP contribution in [-0.2, 0) is 24.1 Å². The lowest BCUT2D eigenvalue weighted by Gasteiger charge is -2.28. The molecule has 1 aliphatic heterocycles. The van der Waals surface area contributed by atoms with E-state index >= 15 is 0 Å². The Morgan fingerprint density at radius 1 is 1.44 bits per heavy atom. The van der Waals surface area contributed by atoms with Gasteiger partial charge in [0.2, 0.25) is 12.0 Å². The molecule has 16 heavy (non-hydrogen) atoms. The van der Waals surface area contributed by atoms with E-state index in [2.05, 4.69) is 8.92 Å². The van der Waals surface area contributed by atoms with Crippen LogP contribution >= 0.6 is 0 Å². The van der Waals surface area contributed by atoms with Gasteiger partial charge in [-0.2, -0.15) is 8.42 Å². The molecule has 0 spiro atoms. The number of rotatable bonds is 3. The standard InChI is InChI=1S/C6H8O9S/c7-2-1-3(5(8)9)14-6(10)4(2)15-16(11,12)13/h1-2,4,6-7,10H,(H,8,9)(H,11,12,13)/t2-,4-,6?/m1/s1. The van der Waals surface area contributed by atoms with Gasteiger partial charge in [-0.1, -0.05) is 0 Å². The van der Waals surface area contributed by atoms with Crippen molar-refractivity contribution in [1.82, 2.24) is 0 Å². The molecule has 1 aliphatic rings. The fourth-order valence-corrected chi connectivity index (χ4v) is 1.51. The second-order valence-corrected chi connectivity index (χ2v) is 3.87. The molecule has 1 unspecified atom stereocenters. The van der Waals surface area contributed by atoms with Crippen molar-refractivity contribution in [3.63, 3.8) is 0 Å². The van der Waals surface area contributed by atoms with Crippen LogP contribution in [0.15, 0.2) is 11.8 Å². The quantitative estimate of drug-likeness (QED) is 0.414. The number of carboxylic acid groups (broad SMARTS) is 1. The van der Waals surface area contributed by atoms with Gasteiger partial charge < -0.3 is 20.1 Å². The molecular formula is C6H8O9S. The summed E-state index contributed by atoms with van der Waals surface area (Å²) in [6.45, 7) is 0. The first-order valence-electron chi connectivity index (χ1n) is 3.84. The summed E-state index contributed by atoms with van der Waals surface area (Å²) < 4.78 is 37.2. The van der Waals surface area contributed by atoms with E-state index in [1.165, 1.54) is 0 Å². The highest BCUT2D eigenvalue weighted by Gasteiger charge is 2.38. The van der Waals surface area contributed by atoms with Crippen molar-refractivity contribution < 1.29 is 42.0 Å². The van der Waals surface area contributed by atoms with Crippen molar-refractivity contribution >= 4 is 16.4 Å². The summed E-state index contributed by atoms with van der Waals surface area (Å²) in [6, 6.07) is 0. The lowest BCUT2D eigenvalue weighted by atomic mass is 10.1. The third kappa shape index (κ3) is 3.15. The molecule has 0 aliphatic carbocycles. The third-order valence-electron chi connectivity index (χ3n) is 1.63. The normalized spacial score (nSPS) is 30.4. The van der Waals surface area contributed by atoms with E-state index in [9.17, 15) is 18.3 Å². The predicted octanol–water partition coefficient (Wildman–Crippen LogP) is -2.15. The molecule has 0 radical (unpaired) electrons. The van der Waals surface area contributed by atoms with E-state index in [4.69, 9.17) is 14.8 Å². The molecule has 0 amide bonds. The van der Waals surface area contributed by atoms with Crippen LogP contribution in [0.1, 0.15) is 0 Å². The Bertz CT molecular complexity index is 410. The van der Waals surface area contributed by atoms with Crippen LogP contribution in [0.3, 0.4) is 0 Å². The zero-order chi connectivity index (χ0) is 12.5. The molecule has 0 aromatic rings. The van der Waals surface area contributed by atoms with Gasteiger partial charge in [0.25, 0.3) is 0 Å². The summed E-state index contributed by atoms with van der Waals surface area (Å²) in [4.78, 5) is 10.4. The van der Waals surface area contributed by atoms with E-state index in [0.717, 1.165) is 0 Å². The molecule has 0 aromatic heterocycles. The van der Waals surface area contributed by atoms with Gasteiger partial charge in [-0.05, 0) is 6.08 Å². The Morgan fingerprint density at radius 3 is 2.38 bits per heavy atom. The Morgan fingerprint density at radius 2 is 2.00 bits per heavy atom. The lowest BCUT2D eigenvalue weighted by Crippen LogP contribution is -2.45. The van der Waals surface area contributed by atoms with E-state index in [0.29, 0.717) is 6.08 Å². The predicted molar refractivity (Wildman–Crippen MR) is 45.2 cm³/mol. The summed E-state index contributed by atoms with van der Waals surface area (Å²) >= 11 is 0. The molecule has 4 N–H and O–H groups in total. The largest absolute Gasteiger partial charge is 0.475 e. The smallest absolute Gasteiger partial charge is 0.397 e. The summed E-state index contributed by atoms with van der Waals surface area (Å²) in [5.74, 6) is -2.31. The summed E-state index contributed by atoms with van der Waals surface area (Å²) in [7, 11) is -4.90. The average Bonchev–Trinajstić information content (AvgIpc) is 2.09. The van der Waals surface area contributed by atoms with Gasteiger partial charge in [-0.15, -0.1) is 0 Å². The first kappa shape index (κ1) is 12.9. The number of aliphatic carboxylic acids is 1. The molecule has 0 aromatic carbocycles. The fraction of sp³-hybridized carbons (Fsp3) is 0.500. The maximum Gasteiger partial charge on any atom is 0.397 e. The molecule has 0 saturated carbocycles. The number of ether oxygens (including phenoxy) is 1. The fourth-order valence-electron chi connectivity index (χ4n) is 1.02. The molecular weight excluding hydrogens is 248 g/mol. The number of carbonyl (C=O) groups is 1. The first-order chi connectivity index (χ1) is 7.20. The summed E-state index contributed by atoms with van der Waals surface area (Å²) in [5, 5.41) is 26.8. The van der Waals surface area contributed by atoms with Crippen LogP contribution in [0.2, 0.25) is 0 Å². The summed E-state index contributed by atoms with van der Waals surface area (Å²) in [5.41, 5.74) is 0. The van der Waals surface area contributed by atoms with Crippen molar-refractivity contribution in [2.24, 2.45) is 0 Å². The van der Waals surface area contributed by atoms with Crippen molar-refractivity contribution in [2.75, 3.05) is 0 Å². The molecule has 10 heteroatoms. The van der Waals surface area contributed by atoms with Crippen LogP contribution in [0.4, 0.5) is 0 Å². The van der Waals surface area contributed by atoms with Crippen molar-refractivity contribution in [3.05, 3.63) is 11.8 Å². The van der Waals surface area contributed by atoms with Crippen LogP contribution in [0, 0.1) is 0 Å². The van der Waals surface area contributed by atoms with Crippen LogP contribution in [-0.4, -0.2) is 52.8 Å². The molecule has 9 nitrogen and oxygen atoms in total.